The van der Waals surface area contributed by atoms with E-state index in [0.29, 0.717) is 11.8 Å². The van der Waals surface area contributed by atoms with Crippen molar-refractivity contribution in [1.82, 2.24) is 9.59 Å². The van der Waals surface area contributed by atoms with Gasteiger partial charge in [-0.3, -0.25) is 0 Å². The van der Waals surface area contributed by atoms with Crippen LogP contribution in [0.5, 0.6) is 11.5 Å². The van der Waals surface area contributed by atoms with E-state index in [1.807, 2.05) is 6.07 Å². The predicted octanol–water partition coefficient (Wildman–Crippen LogP) is 10.0. The highest BCUT2D eigenvalue weighted by Gasteiger charge is 2.16. The van der Waals surface area contributed by atoms with Crippen molar-refractivity contribution in [2.45, 2.75) is 130 Å². The van der Waals surface area contributed by atoms with Crippen molar-refractivity contribution < 1.29 is 9.47 Å². The van der Waals surface area contributed by atoms with E-state index in [9.17, 15) is 0 Å². The van der Waals surface area contributed by atoms with Crippen LogP contribution in [-0.2, 0) is 0 Å². The zero-order valence-corrected chi connectivity index (χ0v) is 24.0. The van der Waals surface area contributed by atoms with Crippen molar-refractivity contribution in [3.63, 3.8) is 0 Å². The first-order chi connectivity index (χ1) is 17.2. The summed E-state index contributed by atoms with van der Waals surface area (Å²) < 4.78 is 18.2. The molecule has 0 spiro atoms. The third kappa shape index (κ3) is 11.9. The van der Waals surface area contributed by atoms with Gasteiger partial charge in [0, 0.05) is 12.1 Å². The molecule has 0 radical (unpaired) electrons. The van der Waals surface area contributed by atoms with Crippen LogP contribution in [0.3, 0.4) is 0 Å². The molecule has 0 aliphatic carbocycles. The second-order valence-corrected chi connectivity index (χ2v) is 11.2. The lowest BCUT2D eigenvalue weighted by Crippen LogP contribution is -2.15. The van der Waals surface area contributed by atoms with Crippen molar-refractivity contribution in [3.05, 3.63) is 12.1 Å². The number of aromatic nitrogens is 2. The molecule has 0 fully saturated rings. The van der Waals surface area contributed by atoms with Gasteiger partial charge in [-0.05, 0) is 49.1 Å². The van der Waals surface area contributed by atoms with Crippen LogP contribution in [0, 0.1) is 11.8 Å². The number of unbranched alkanes of at least 4 members (excludes halogenated alkanes) is 8. The minimum Gasteiger partial charge on any atom is -0.489 e. The summed E-state index contributed by atoms with van der Waals surface area (Å²) in [6.45, 7) is 10.7. The lowest BCUT2D eigenvalue weighted by atomic mass is 9.96. The maximum Gasteiger partial charge on any atom is 0.163 e. The Balaban J connectivity index is 2.04. The first kappa shape index (κ1) is 29.9. The molecule has 0 bridgehead atoms. The summed E-state index contributed by atoms with van der Waals surface area (Å²) in [6.07, 6.45) is 20.6. The Morgan fingerprint density at radius 3 is 1.63 bits per heavy atom. The van der Waals surface area contributed by atoms with Crippen molar-refractivity contribution in [2.75, 3.05) is 13.2 Å². The van der Waals surface area contributed by atoms with Crippen LogP contribution < -0.4 is 9.47 Å². The van der Waals surface area contributed by atoms with Crippen LogP contribution in [0.15, 0.2) is 12.1 Å². The van der Waals surface area contributed by atoms with E-state index in [1.165, 1.54) is 114 Å². The van der Waals surface area contributed by atoms with Crippen LogP contribution in [0.4, 0.5) is 0 Å². The van der Waals surface area contributed by atoms with Gasteiger partial charge in [-0.15, -0.1) is 5.10 Å². The van der Waals surface area contributed by atoms with Gasteiger partial charge in [0.15, 0.2) is 11.5 Å². The molecule has 2 rings (SSSR count). The molecule has 2 aromatic rings. The fourth-order valence-electron chi connectivity index (χ4n) is 4.76. The molecule has 0 N–H and O–H groups in total. The summed E-state index contributed by atoms with van der Waals surface area (Å²) in [4.78, 5) is 0. The quantitative estimate of drug-likeness (QED) is 0.150. The van der Waals surface area contributed by atoms with Gasteiger partial charge in [-0.2, -0.15) is 0 Å². The molecular weight excluding hydrogens is 452 g/mol. The first-order valence-corrected chi connectivity index (χ1v) is 15.5. The van der Waals surface area contributed by atoms with Crippen molar-refractivity contribution in [3.8, 4) is 11.5 Å². The molecule has 35 heavy (non-hydrogen) atoms. The number of nitrogens with zero attached hydrogens (tertiary/aromatic N) is 2. The molecule has 0 aliphatic rings. The number of ether oxygens (including phenoxy) is 2. The van der Waals surface area contributed by atoms with E-state index in [2.05, 4.69) is 43.3 Å². The van der Waals surface area contributed by atoms with Crippen LogP contribution in [0.1, 0.15) is 130 Å². The van der Waals surface area contributed by atoms with Gasteiger partial charge in [0.2, 0.25) is 0 Å². The Hall–Kier alpha value is -1.36. The van der Waals surface area contributed by atoms with Crippen LogP contribution >= 0.6 is 11.5 Å². The predicted molar refractivity (Wildman–Crippen MR) is 152 cm³/mol. The Morgan fingerprint density at radius 2 is 1.11 bits per heavy atom. The summed E-state index contributed by atoms with van der Waals surface area (Å²) >= 11 is 1.43. The SMILES string of the molecule is CCCCCCC(CCCC)COc1cc2nnsc2cc1OCC(CCCC)CCCCCC. The molecule has 2 atom stereocenters. The zero-order chi connectivity index (χ0) is 25.1. The zero-order valence-electron chi connectivity index (χ0n) is 23.2. The Morgan fingerprint density at radius 1 is 0.629 bits per heavy atom. The van der Waals surface area contributed by atoms with Gasteiger partial charge in [0.05, 0.1) is 17.9 Å². The number of hydrogen-bond acceptors (Lipinski definition) is 5. The molecule has 2 unspecified atom stereocenters. The average molecular weight is 505 g/mol. The molecule has 200 valence electrons. The monoisotopic (exact) mass is 504 g/mol. The van der Waals surface area contributed by atoms with Crippen LogP contribution in [-0.4, -0.2) is 22.8 Å². The molecule has 0 amide bonds. The second-order valence-electron chi connectivity index (χ2n) is 10.4. The topological polar surface area (TPSA) is 44.2 Å². The van der Waals surface area contributed by atoms with E-state index in [-0.39, 0.29) is 0 Å². The largest absolute Gasteiger partial charge is 0.489 e. The molecule has 0 saturated heterocycles. The summed E-state index contributed by atoms with van der Waals surface area (Å²) in [5.74, 6) is 2.95. The smallest absolute Gasteiger partial charge is 0.163 e. The summed E-state index contributed by atoms with van der Waals surface area (Å²) in [6, 6.07) is 4.15. The van der Waals surface area contributed by atoms with Gasteiger partial charge in [-0.1, -0.05) is 109 Å². The maximum atomic E-state index is 6.48. The normalized spacial score (nSPS) is 13.3. The first-order valence-electron chi connectivity index (χ1n) is 14.7. The Labute approximate surface area is 219 Å². The molecule has 1 heterocycles. The lowest BCUT2D eigenvalue weighted by Gasteiger charge is -2.21. The fraction of sp³-hybridized carbons (Fsp3) is 0.800. The average Bonchev–Trinajstić information content (AvgIpc) is 3.33. The molecule has 0 aliphatic heterocycles. The van der Waals surface area contributed by atoms with E-state index >= 15 is 0 Å². The number of hydrogen-bond donors (Lipinski definition) is 0. The van der Waals surface area contributed by atoms with Crippen molar-refractivity contribution >= 4 is 21.7 Å². The fourth-order valence-corrected chi connectivity index (χ4v) is 5.33. The highest BCUT2D eigenvalue weighted by molar-refractivity contribution is 7.12. The summed E-state index contributed by atoms with van der Waals surface area (Å²) in [5.41, 5.74) is 0.910. The Kier molecular flexibility index (Phi) is 16.1. The second kappa shape index (κ2) is 18.8. The number of benzene rings is 1. The summed E-state index contributed by atoms with van der Waals surface area (Å²) in [5, 5.41) is 4.29. The molecule has 5 heteroatoms. The van der Waals surface area contributed by atoms with E-state index in [0.717, 1.165) is 34.9 Å². The van der Waals surface area contributed by atoms with Gasteiger partial charge in [-0.25, -0.2) is 0 Å². The van der Waals surface area contributed by atoms with E-state index in [1.54, 1.807) is 0 Å². The van der Waals surface area contributed by atoms with Gasteiger partial charge >= 0.3 is 0 Å². The third-order valence-electron chi connectivity index (χ3n) is 7.13. The van der Waals surface area contributed by atoms with Crippen LogP contribution in [0.2, 0.25) is 0 Å². The Bertz CT molecular complexity index is 717. The number of fused-ring (bicyclic) bond motifs is 1. The molecular formula is C30H52N2O2S. The molecule has 4 nitrogen and oxygen atoms in total. The minimum atomic E-state index is 0.611. The van der Waals surface area contributed by atoms with Gasteiger partial charge < -0.3 is 9.47 Å². The van der Waals surface area contributed by atoms with Crippen LogP contribution in [0.25, 0.3) is 10.2 Å². The molecule has 0 saturated carbocycles. The molecule has 1 aromatic heterocycles. The molecule has 1 aromatic carbocycles. The van der Waals surface area contributed by atoms with Gasteiger partial charge in [0.25, 0.3) is 0 Å². The summed E-state index contributed by atoms with van der Waals surface area (Å²) in [7, 11) is 0. The van der Waals surface area contributed by atoms with Crippen molar-refractivity contribution in [1.29, 1.82) is 0 Å². The van der Waals surface area contributed by atoms with E-state index < -0.39 is 0 Å². The highest BCUT2D eigenvalue weighted by atomic mass is 32.1. The lowest BCUT2D eigenvalue weighted by molar-refractivity contribution is 0.193. The standard InChI is InChI=1S/C30H52N2O2S/c1-5-9-13-15-19-25(17-11-7-3)23-33-28-21-27-30(35-32-31-27)22-29(28)34-24-26(18-12-8-4)20-16-14-10-6-2/h21-22,25-26H,5-20,23-24H2,1-4H3. The minimum absolute atomic E-state index is 0.611. The third-order valence-corrected chi connectivity index (χ3v) is 7.81. The number of rotatable bonds is 22. The van der Waals surface area contributed by atoms with E-state index in [4.69, 9.17) is 9.47 Å². The van der Waals surface area contributed by atoms with Crippen molar-refractivity contribution in [2.24, 2.45) is 11.8 Å². The van der Waals surface area contributed by atoms with Gasteiger partial charge in [0.1, 0.15) is 5.52 Å². The maximum absolute atomic E-state index is 6.48. The highest BCUT2D eigenvalue weighted by Crippen LogP contribution is 2.35.